The molecule has 7 nitrogen and oxygen atoms in total. The van der Waals surface area contributed by atoms with Crippen molar-refractivity contribution < 1.29 is 17.9 Å². The number of ether oxygens (including phenoxy) is 1. The highest BCUT2D eigenvalue weighted by molar-refractivity contribution is 7.89. The number of amides is 1. The minimum absolute atomic E-state index is 0.0174. The Morgan fingerprint density at radius 1 is 1.16 bits per heavy atom. The number of hydrogen-bond donors (Lipinski definition) is 1. The average Bonchev–Trinajstić information content (AvgIpc) is 3.23. The SMILES string of the molecule is CCN(CC)S(=O)(=O)c1ccc(Cl)c(C(=O)Nc2nc(-c3ccc(OC)cc3)cs2)c1. The number of anilines is 1. The number of methoxy groups -OCH3 is 1. The molecule has 3 rings (SSSR count). The molecule has 0 saturated heterocycles. The van der Waals surface area contributed by atoms with Crippen molar-refractivity contribution in [1.29, 1.82) is 0 Å². The zero-order valence-corrected chi connectivity index (χ0v) is 19.6. The number of rotatable bonds is 8. The minimum atomic E-state index is -3.71. The third kappa shape index (κ3) is 5.07. The number of nitrogens with one attached hydrogen (secondary N) is 1. The van der Waals surface area contributed by atoms with E-state index in [1.807, 2.05) is 29.6 Å². The monoisotopic (exact) mass is 479 g/mol. The molecule has 0 spiro atoms. The summed E-state index contributed by atoms with van der Waals surface area (Å²) in [7, 11) is -2.12. The first-order valence-corrected chi connectivity index (χ1v) is 12.2. The summed E-state index contributed by atoms with van der Waals surface area (Å²) in [5, 5.41) is 5.05. The van der Waals surface area contributed by atoms with Crippen LogP contribution >= 0.6 is 22.9 Å². The highest BCUT2D eigenvalue weighted by atomic mass is 35.5. The fraction of sp³-hybridized carbons (Fsp3) is 0.238. The average molecular weight is 480 g/mol. The van der Waals surface area contributed by atoms with Gasteiger partial charge in [-0.1, -0.05) is 25.4 Å². The zero-order chi connectivity index (χ0) is 22.6. The van der Waals surface area contributed by atoms with Gasteiger partial charge >= 0.3 is 0 Å². The number of hydrogen-bond acceptors (Lipinski definition) is 6. The lowest BCUT2D eigenvalue weighted by Crippen LogP contribution is -2.30. The third-order valence-corrected chi connectivity index (χ3v) is 7.77. The molecule has 0 fully saturated rings. The summed E-state index contributed by atoms with van der Waals surface area (Å²) in [6.45, 7) is 4.17. The van der Waals surface area contributed by atoms with Crippen LogP contribution in [0.5, 0.6) is 5.75 Å². The standard InChI is InChI=1S/C21H22ClN3O4S2/c1-4-25(5-2)31(27,28)16-10-11-18(22)17(12-16)20(26)24-21-23-19(13-30-21)14-6-8-15(29-3)9-7-14/h6-13H,4-5H2,1-3H3,(H,23,24,26). The van der Waals surface area contributed by atoms with E-state index in [4.69, 9.17) is 16.3 Å². The van der Waals surface area contributed by atoms with Crippen molar-refractivity contribution in [2.45, 2.75) is 18.7 Å². The summed E-state index contributed by atoms with van der Waals surface area (Å²) >= 11 is 7.45. The topological polar surface area (TPSA) is 88.6 Å². The van der Waals surface area contributed by atoms with Gasteiger partial charge in [0.25, 0.3) is 5.91 Å². The van der Waals surface area contributed by atoms with E-state index in [1.165, 1.54) is 33.8 Å². The van der Waals surface area contributed by atoms with Crippen LogP contribution in [0.15, 0.2) is 52.7 Å². The molecule has 0 aliphatic rings. The van der Waals surface area contributed by atoms with Gasteiger partial charge < -0.3 is 4.74 Å². The van der Waals surface area contributed by atoms with Crippen LogP contribution in [0.1, 0.15) is 24.2 Å². The normalized spacial score (nSPS) is 11.5. The van der Waals surface area contributed by atoms with E-state index >= 15 is 0 Å². The fourth-order valence-electron chi connectivity index (χ4n) is 2.94. The van der Waals surface area contributed by atoms with E-state index in [-0.39, 0.29) is 15.5 Å². The number of aromatic nitrogens is 1. The summed E-state index contributed by atoms with van der Waals surface area (Å²) in [5.74, 6) is 0.207. The van der Waals surface area contributed by atoms with E-state index in [1.54, 1.807) is 21.0 Å². The molecule has 1 N–H and O–H groups in total. The highest BCUT2D eigenvalue weighted by Gasteiger charge is 2.24. The van der Waals surface area contributed by atoms with Crippen LogP contribution in [0.25, 0.3) is 11.3 Å². The molecule has 3 aromatic rings. The van der Waals surface area contributed by atoms with E-state index in [2.05, 4.69) is 10.3 Å². The highest BCUT2D eigenvalue weighted by Crippen LogP contribution is 2.28. The molecule has 0 saturated carbocycles. The quantitative estimate of drug-likeness (QED) is 0.503. The van der Waals surface area contributed by atoms with Crippen molar-refractivity contribution in [3.05, 3.63) is 58.4 Å². The van der Waals surface area contributed by atoms with E-state index in [0.717, 1.165) is 11.3 Å². The zero-order valence-electron chi connectivity index (χ0n) is 17.3. The summed E-state index contributed by atoms with van der Waals surface area (Å²) in [4.78, 5) is 17.2. The number of thiazole rings is 1. The second-order valence-corrected chi connectivity index (χ2v) is 9.65. The Balaban J connectivity index is 1.83. The largest absolute Gasteiger partial charge is 0.497 e. The molecular weight excluding hydrogens is 458 g/mol. The Morgan fingerprint density at radius 2 is 1.84 bits per heavy atom. The van der Waals surface area contributed by atoms with Crippen LogP contribution in [0.2, 0.25) is 5.02 Å². The maximum Gasteiger partial charge on any atom is 0.259 e. The molecule has 0 aliphatic heterocycles. The smallest absolute Gasteiger partial charge is 0.259 e. The molecule has 0 atom stereocenters. The van der Waals surface area contributed by atoms with Gasteiger partial charge in [-0.15, -0.1) is 11.3 Å². The van der Waals surface area contributed by atoms with Crippen molar-refractivity contribution >= 4 is 44.0 Å². The number of carbonyl (C=O) groups is 1. The molecular formula is C21H22ClN3O4S2. The number of nitrogens with zero attached hydrogens (tertiary/aromatic N) is 2. The molecule has 31 heavy (non-hydrogen) atoms. The van der Waals surface area contributed by atoms with Crippen LogP contribution in [0.4, 0.5) is 5.13 Å². The molecule has 0 aliphatic carbocycles. The minimum Gasteiger partial charge on any atom is -0.497 e. The lowest BCUT2D eigenvalue weighted by atomic mass is 10.2. The third-order valence-electron chi connectivity index (χ3n) is 4.64. The van der Waals surface area contributed by atoms with Gasteiger partial charge in [-0.25, -0.2) is 13.4 Å². The van der Waals surface area contributed by atoms with Gasteiger partial charge in [-0.05, 0) is 42.5 Å². The summed E-state index contributed by atoms with van der Waals surface area (Å²) in [6, 6.07) is 11.5. The fourth-order valence-corrected chi connectivity index (χ4v) is 5.34. The Labute approximate surface area is 190 Å². The Hall–Kier alpha value is -2.46. The Kier molecular flexibility index (Phi) is 7.32. The number of carbonyl (C=O) groups excluding carboxylic acids is 1. The predicted octanol–water partition coefficient (Wildman–Crippen LogP) is 4.75. The van der Waals surface area contributed by atoms with Gasteiger partial charge in [0, 0.05) is 24.0 Å². The maximum absolute atomic E-state index is 12.8. The Morgan fingerprint density at radius 3 is 2.45 bits per heavy atom. The number of halogens is 1. The van der Waals surface area contributed by atoms with Gasteiger partial charge in [0.15, 0.2) is 5.13 Å². The van der Waals surface area contributed by atoms with Crippen molar-refractivity contribution in [2.75, 3.05) is 25.5 Å². The first-order valence-electron chi connectivity index (χ1n) is 9.51. The van der Waals surface area contributed by atoms with Crippen LogP contribution in [-0.2, 0) is 10.0 Å². The number of benzene rings is 2. The molecule has 0 unspecified atom stereocenters. The van der Waals surface area contributed by atoms with Gasteiger partial charge in [-0.2, -0.15) is 4.31 Å². The van der Waals surface area contributed by atoms with E-state index in [0.29, 0.717) is 23.9 Å². The van der Waals surface area contributed by atoms with Crippen LogP contribution in [0.3, 0.4) is 0 Å². The summed E-state index contributed by atoms with van der Waals surface area (Å²) in [5.41, 5.74) is 1.64. The number of sulfonamides is 1. The molecule has 10 heteroatoms. The molecule has 0 bridgehead atoms. The van der Waals surface area contributed by atoms with Crippen molar-refractivity contribution in [2.24, 2.45) is 0 Å². The van der Waals surface area contributed by atoms with E-state index < -0.39 is 15.9 Å². The van der Waals surface area contributed by atoms with Crippen molar-refractivity contribution in [3.63, 3.8) is 0 Å². The summed E-state index contributed by atoms with van der Waals surface area (Å²) in [6.07, 6.45) is 0. The summed E-state index contributed by atoms with van der Waals surface area (Å²) < 4.78 is 32.0. The van der Waals surface area contributed by atoms with Crippen LogP contribution in [-0.4, -0.2) is 43.8 Å². The lowest BCUT2D eigenvalue weighted by Gasteiger charge is -2.19. The molecule has 1 heterocycles. The molecule has 0 radical (unpaired) electrons. The van der Waals surface area contributed by atoms with Crippen LogP contribution < -0.4 is 10.1 Å². The van der Waals surface area contributed by atoms with Crippen molar-refractivity contribution in [1.82, 2.24) is 9.29 Å². The van der Waals surface area contributed by atoms with Gasteiger partial charge in [0.2, 0.25) is 10.0 Å². The molecule has 2 aromatic carbocycles. The molecule has 164 valence electrons. The second-order valence-electron chi connectivity index (χ2n) is 6.45. The van der Waals surface area contributed by atoms with Crippen molar-refractivity contribution in [3.8, 4) is 17.0 Å². The van der Waals surface area contributed by atoms with Crippen LogP contribution in [0, 0.1) is 0 Å². The molecule has 1 amide bonds. The van der Waals surface area contributed by atoms with Gasteiger partial charge in [0.1, 0.15) is 5.75 Å². The predicted molar refractivity (Wildman–Crippen MR) is 124 cm³/mol. The molecule has 1 aromatic heterocycles. The second kappa shape index (κ2) is 9.78. The lowest BCUT2D eigenvalue weighted by molar-refractivity contribution is 0.102. The first-order chi connectivity index (χ1) is 14.8. The maximum atomic E-state index is 12.8. The van der Waals surface area contributed by atoms with Gasteiger partial charge in [0.05, 0.1) is 28.3 Å². The van der Waals surface area contributed by atoms with Gasteiger partial charge in [-0.3, -0.25) is 10.1 Å². The Bertz CT molecular complexity index is 1170. The van der Waals surface area contributed by atoms with E-state index in [9.17, 15) is 13.2 Å². The first kappa shape index (κ1) is 23.2.